The molecule has 8 N–H and O–H groups in total. The molecular formula is C17H27N5O8. The van der Waals surface area contributed by atoms with Crippen LogP contribution < -0.4 is 22.1 Å². The lowest BCUT2D eigenvalue weighted by Gasteiger charge is -2.26. The summed E-state index contributed by atoms with van der Waals surface area (Å²) in [6.45, 7) is 0.0573. The van der Waals surface area contributed by atoms with Gasteiger partial charge in [0.1, 0.15) is 18.1 Å². The van der Waals surface area contributed by atoms with Crippen molar-refractivity contribution in [2.75, 3.05) is 13.1 Å². The molecule has 1 fully saturated rings. The Morgan fingerprint density at radius 2 is 1.63 bits per heavy atom. The first-order valence-electron chi connectivity index (χ1n) is 9.40. The van der Waals surface area contributed by atoms with Gasteiger partial charge in [-0.3, -0.25) is 24.0 Å². The van der Waals surface area contributed by atoms with E-state index in [9.17, 15) is 33.9 Å². The molecule has 30 heavy (non-hydrogen) atoms. The standard InChI is InChI=1S/C17H27N5O8/c18-8-13(24)22-7-1-2-11(22)16(28)20-9(3-5-12(19)23)15(27)21-10(17(29)30)4-6-14(25)26/h9-11H,1-8,18H2,(H2,19,23)(H,20,28)(H,21,27)(H,25,26)(H,29,30)/t9-,10-,11-/m0/s1. The summed E-state index contributed by atoms with van der Waals surface area (Å²) in [7, 11) is 0. The summed E-state index contributed by atoms with van der Waals surface area (Å²) < 4.78 is 0. The molecule has 0 radical (unpaired) electrons. The van der Waals surface area contributed by atoms with E-state index in [2.05, 4.69) is 10.6 Å². The molecule has 1 aliphatic heterocycles. The highest BCUT2D eigenvalue weighted by atomic mass is 16.4. The summed E-state index contributed by atoms with van der Waals surface area (Å²) in [5.41, 5.74) is 10.4. The van der Waals surface area contributed by atoms with E-state index in [0.29, 0.717) is 19.4 Å². The molecule has 13 heteroatoms. The van der Waals surface area contributed by atoms with Gasteiger partial charge in [-0.05, 0) is 25.7 Å². The molecule has 0 aromatic heterocycles. The lowest BCUT2D eigenvalue weighted by atomic mass is 10.1. The van der Waals surface area contributed by atoms with Gasteiger partial charge in [-0.1, -0.05) is 0 Å². The van der Waals surface area contributed by atoms with Gasteiger partial charge >= 0.3 is 11.9 Å². The molecule has 168 valence electrons. The Morgan fingerprint density at radius 3 is 2.17 bits per heavy atom. The predicted octanol–water partition coefficient (Wildman–Crippen LogP) is -2.88. The number of nitrogens with one attached hydrogen (secondary N) is 2. The van der Waals surface area contributed by atoms with Crippen molar-refractivity contribution in [1.29, 1.82) is 0 Å². The van der Waals surface area contributed by atoms with E-state index >= 15 is 0 Å². The van der Waals surface area contributed by atoms with Crippen molar-refractivity contribution < 1.29 is 39.0 Å². The second kappa shape index (κ2) is 11.7. The quantitative estimate of drug-likeness (QED) is 0.187. The third-order valence-corrected chi connectivity index (χ3v) is 4.62. The van der Waals surface area contributed by atoms with Crippen molar-refractivity contribution in [2.24, 2.45) is 11.5 Å². The molecule has 0 saturated carbocycles. The molecule has 1 heterocycles. The Balaban J connectivity index is 2.88. The summed E-state index contributed by atoms with van der Waals surface area (Å²) in [5, 5.41) is 22.5. The van der Waals surface area contributed by atoms with Crippen LogP contribution in [-0.4, -0.2) is 81.9 Å². The summed E-state index contributed by atoms with van der Waals surface area (Å²) >= 11 is 0. The zero-order valence-electron chi connectivity index (χ0n) is 16.3. The minimum Gasteiger partial charge on any atom is -0.481 e. The summed E-state index contributed by atoms with van der Waals surface area (Å²) in [6, 6.07) is -3.64. The number of nitrogens with zero attached hydrogens (tertiary/aromatic N) is 1. The first-order valence-corrected chi connectivity index (χ1v) is 9.40. The van der Waals surface area contributed by atoms with Crippen molar-refractivity contribution in [1.82, 2.24) is 15.5 Å². The van der Waals surface area contributed by atoms with Gasteiger partial charge in [0.25, 0.3) is 0 Å². The smallest absolute Gasteiger partial charge is 0.326 e. The van der Waals surface area contributed by atoms with E-state index in [0.717, 1.165) is 0 Å². The normalized spacial score (nSPS) is 17.6. The van der Waals surface area contributed by atoms with E-state index in [-0.39, 0.29) is 25.8 Å². The van der Waals surface area contributed by atoms with E-state index in [4.69, 9.17) is 16.6 Å². The Hall–Kier alpha value is -3.22. The van der Waals surface area contributed by atoms with Gasteiger partial charge < -0.3 is 37.2 Å². The number of carboxylic acids is 2. The van der Waals surface area contributed by atoms with Crippen LogP contribution >= 0.6 is 0 Å². The largest absolute Gasteiger partial charge is 0.481 e. The highest BCUT2D eigenvalue weighted by Crippen LogP contribution is 2.17. The number of carbonyl (C=O) groups is 6. The lowest BCUT2D eigenvalue weighted by Crippen LogP contribution is -2.55. The second-order valence-corrected chi connectivity index (χ2v) is 6.85. The third-order valence-electron chi connectivity index (χ3n) is 4.62. The fourth-order valence-corrected chi connectivity index (χ4v) is 3.08. The summed E-state index contributed by atoms with van der Waals surface area (Å²) in [5.74, 6) is -5.39. The average molecular weight is 429 g/mol. The average Bonchev–Trinajstić information content (AvgIpc) is 3.16. The maximum Gasteiger partial charge on any atom is 0.326 e. The number of carbonyl (C=O) groups excluding carboxylic acids is 4. The Labute approximate surface area is 172 Å². The fraction of sp³-hybridized carbons (Fsp3) is 0.647. The van der Waals surface area contributed by atoms with Crippen molar-refractivity contribution in [3.05, 3.63) is 0 Å². The maximum absolute atomic E-state index is 12.6. The molecule has 13 nitrogen and oxygen atoms in total. The van der Waals surface area contributed by atoms with Crippen LogP contribution in [0.1, 0.15) is 38.5 Å². The van der Waals surface area contributed by atoms with Crippen molar-refractivity contribution >= 4 is 35.6 Å². The SMILES string of the molecule is NCC(=O)N1CCC[C@H]1C(=O)N[C@@H](CCC(N)=O)C(=O)N[C@@H](CCC(=O)O)C(=O)O. The van der Waals surface area contributed by atoms with Crippen molar-refractivity contribution in [3.63, 3.8) is 0 Å². The van der Waals surface area contributed by atoms with Crippen LogP contribution in [0.5, 0.6) is 0 Å². The minimum atomic E-state index is -1.50. The number of aliphatic carboxylic acids is 2. The number of primary amides is 1. The number of nitrogens with two attached hydrogens (primary N) is 2. The van der Waals surface area contributed by atoms with Crippen LogP contribution in [0.15, 0.2) is 0 Å². The van der Waals surface area contributed by atoms with Gasteiger partial charge in [0.05, 0.1) is 6.54 Å². The zero-order chi connectivity index (χ0) is 22.8. The van der Waals surface area contributed by atoms with E-state index < -0.39 is 60.1 Å². The molecule has 0 aliphatic carbocycles. The first kappa shape index (κ1) is 24.8. The van der Waals surface area contributed by atoms with Crippen LogP contribution in [0.2, 0.25) is 0 Å². The number of rotatable bonds is 12. The maximum atomic E-state index is 12.6. The van der Waals surface area contributed by atoms with Gasteiger partial charge in [0.15, 0.2) is 0 Å². The van der Waals surface area contributed by atoms with Crippen molar-refractivity contribution in [3.8, 4) is 0 Å². The molecular weight excluding hydrogens is 402 g/mol. The van der Waals surface area contributed by atoms with Crippen LogP contribution in [-0.2, 0) is 28.8 Å². The molecule has 1 aliphatic rings. The molecule has 1 saturated heterocycles. The first-order chi connectivity index (χ1) is 14.1. The molecule has 0 spiro atoms. The van der Waals surface area contributed by atoms with Gasteiger partial charge in [-0.25, -0.2) is 4.79 Å². The highest BCUT2D eigenvalue weighted by molar-refractivity contribution is 5.94. The number of likely N-dealkylation sites (tertiary alicyclic amines) is 1. The topological polar surface area (TPSA) is 222 Å². The van der Waals surface area contributed by atoms with Gasteiger partial charge in [-0.15, -0.1) is 0 Å². The summed E-state index contributed by atoms with van der Waals surface area (Å²) in [6.07, 6.45) is -0.393. The zero-order valence-corrected chi connectivity index (χ0v) is 16.3. The van der Waals surface area contributed by atoms with Crippen LogP contribution in [0.25, 0.3) is 0 Å². The lowest BCUT2D eigenvalue weighted by molar-refractivity contribution is -0.144. The molecule has 0 unspecified atom stereocenters. The minimum absolute atomic E-state index is 0.199. The highest BCUT2D eigenvalue weighted by Gasteiger charge is 2.36. The van der Waals surface area contributed by atoms with E-state index in [1.165, 1.54) is 4.90 Å². The fourth-order valence-electron chi connectivity index (χ4n) is 3.08. The van der Waals surface area contributed by atoms with Gasteiger partial charge in [-0.2, -0.15) is 0 Å². The van der Waals surface area contributed by atoms with Crippen molar-refractivity contribution in [2.45, 2.75) is 56.7 Å². The second-order valence-electron chi connectivity index (χ2n) is 6.85. The van der Waals surface area contributed by atoms with Crippen LogP contribution in [0.3, 0.4) is 0 Å². The molecule has 4 amide bonds. The number of hydrogen-bond donors (Lipinski definition) is 6. The molecule has 0 aromatic rings. The monoisotopic (exact) mass is 429 g/mol. The van der Waals surface area contributed by atoms with Gasteiger partial charge in [0, 0.05) is 19.4 Å². The summed E-state index contributed by atoms with van der Waals surface area (Å²) in [4.78, 5) is 71.4. The van der Waals surface area contributed by atoms with E-state index in [1.807, 2.05) is 0 Å². The number of carboxylic acid groups (broad SMARTS) is 2. The number of hydrogen-bond acceptors (Lipinski definition) is 7. The Bertz CT molecular complexity index is 698. The third kappa shape index (κ3) is 7.66. The van der Waals surface area contributed by atoms with E-state index in [1.54, 1.807) is 0 Å². The Kier molecular flexibility index (Phi) is 9.68. The molecule has 1 rings (SSSR count). The molecule has 3 atom stereocenters. The van der Waals surface area contributed by atoms with Crippen LogP contribution in [0, 0.1) is 0 Å². The number of amides is 4. The molecule has 0 aromatic carbocycles. The Morgan fingerprint density at radius 1 is 1.00 bits per heavy atom. The van der Waals surface area contributed by atoms with Gasteiger partial charge in [0.2, 0.25) is 23.6 Å². The van der Waals surface area contributed by atoms with Crippen LogP contribution in [0.4, 0.5) is 0 Å². The predicted molar refractivity (Wildman–Crippen MR) is 101 cm³/mol. The molecule has 0 bridgehead atoms.